The van der Waals surface area contributed by atoms with E-state index in [0.29, 0.717) is 38.8 Å². The minimum atomic E-state index is -0.516. The van der Waals surface area contributed by atoms with Crippen LogP contribution in [0.3, 0.4) is 0 Å². The van der Waals surface area contributed by atoms with Crippen LogP contribution in [0, 0.1) is 17.8 Å². The number of carbonyl (C=O) groups is 2. The lowest BCUT2D eigenvalue weighted by Crippen LogP contribution is -2.59. The molecule has 136 valence electrons. The summed E-state index contributed by atoms with van der Waals surface area (Å²) in [5.74, 6) is 1.11. The Morgan fingerprint density at radius 1 is 0.960 bits per heavy atom. The van der Waals surface area contributed by atoms with Gasteiger partial charge in [0.1, 0.15) is 5.60 Å². The van der Waals surface area contributed by atoms with Gasteiger partial charge < -0.3 is 24.0 Å². The highest BCUT2D eigenvalue weighted by Crippen LogP contribution is 2.50. The maximum absolute atomic E-state index is 13.0. The zero-order chi connectivity index (χ0) is 16.8. The van der Waals surface area contributed by atoms with Gasteiger partial charge in [0, 0.05) is 19.0 Å². The van der Waals surface area contributed by atoms with Crippen molar-refractivity contribution in [1.82, 2.24) is 9.80 Å². The molecular formula is C18H24N2O5. The highest BCUT2D eigenvalue weighted by atomic mass is 16.6. The zero-order valence-electron chi connectivity index (χ0n) is 14.3. The Balaban J connectivity index is 1.14. The van der Waals surface area contributed by atoms with Crippen LogP contribution in [0.5, 0.6) is 0 Å². The molecule has 0 spiro atoms. The Morgan fingerprint density at radius 3 is 2.48 bits per heavy atom. The number of carbonyl (C=O) groups excluding carboxylic acids is 2. The van der Waals surface area contributed by atoms with Crippen LogP contribution >= 0.6 is 0 Å². The molecule has 1 saturated carbocycles. The van der Waals surface area contributed by atoms with E-state index in [-0.39, 0.29) is 41.8 Å². The fourth-order valence-corrected chi connectivity index (χ4v) is 5.99. The third-order valence-electron chi connectivity index (χ3n) is 7.40. The molecule has 0 aromatic rings. The fraction of sp³-hybridized carbons (Fsp3) is 0.889. The minimum absolute atomic E-state index is 0.0693. The molecule has 3 unspecified atom stereocenters. The van der Waals surface area contributed by atoms with Crippen LogP contribution in [0.2, 0.25) is 0 Å². The topological polar surface area (TPSA) is 68.3 Å². The number of piperazine rings is 1. The fourth-order valence-electron chi connectivity index (χ4n) is 5.99. The first kappa shape index (κ1) is 14.9. The van der Waals surface area contributed by atoms with Gasteiger partial charge in [0.05, 0.1) is 50.5 Å². The molecule has 7 fully saturated rings. The van der Waals surface area contributed by atoms with Crippen LogP contribution in [0.25, 0.3) is 0 Å². The van der Waals surface area contributed by atoms with E-state index >= 15 is 0 Å². The minimum Gasteiger partial charge on any atom is -0.378 e. The molecule has 7 rings (SSSR count). The van der Waals surface area contributed by atoms with E-state index in [4.69, 9.17) is 14.2 Å². The van der Waals surface area contributed by atoms with Crippen LogP contribution < -0.4 is 0 Å². The number of likely N-dealkylation sites (tertiary alicyclic amines) is 2. The van der Waals surface area contributed by atoms with Gasteiger partial charge in [-0.3, -0.25) is 9.59 Å². The molecule has 7 heteroatoms. The summed E-state index contributed by atoms with van der Waals surface area (Å²) in [5, 5.41) is 0. The summed E-state index contributed by atoms with van der Waals surface area (Å²) in [6.07, 6.45) is 2.79. The predicted molar refractivity (Wildman–Crippen MR) is 84.6 cm³/mol. The van der Waals surface area contributed by atoms with Gasteiger partial charge in [-0.05, 0) is 25.2 Å². The van der Waals surface area contributed by atoms with Gasteiger partial charge in [0.25, 0.3) is 5.91 Å². The lowest BCUT2D eigenvalue weighted by molar-refractivity contribution is -0.159. The summed E-state index contributed by atoms with van der Waals surface area (Å²) in [6, 6.07) is 0.327. The van der Waals surface area contributed by atoms with Crippen LogP contribution in [-0.4, -0.2) is 84.9 Å². The monoisotopic (exact) mass is 348 g/mol. The Labute approximate surface area is 146 Å². The Bertz CT molecular complexity index is 627. The molecule has 25 heavy (non-hydrogen) atoms. The average molecular weight is 348 g/mol. The molecule has 4 bridgehead atoms. The van der Waals surface area contributed by atoms with Crippen molar-refractivity contribution in [2.24, 2.45) is 17.8 Å². The van der Waals surface area contributed by atoms with Gasteiger partial charge in [-0.15, -0.1) is 0 Å². The first-order valence-corrected chi connectivity index (χ1v) is 9.59. The van der Waals surface area contributed by atoms with E-state index in [2.05, 4.69) is 0 Å². The third kappa shape index (κ3) is 1.92. The normalized spacial score (nSPS) is 49.6. The zero-order valence-corrected chi connectivity index (χ0v) is 14.3. The van der Waals surface area contributed by atoms with E-state index in [9.17, 15) is 9.59 Å². The molecule has 7 aliphatic rings. The Kier molecular flexibility index (Phi) is 2.96. The van der Waals surface area contributed by atoms with E-state index in [1.54, 1.807) is 0 Å². The van der Waals surface area contributed by atoms with E-state index in [0.717, 1.165) is 25.9 Å². The molecule has 6 aliphatic heterocycles. The highest BCUT2D eigenvalue weighted by Gasteiger charge is 2.61. The van der Waals surface area contributed by atoms with Crippen LogP contribution in [0.1, 0.15) is 19.3 Å². The van der Waals surface area contributed by atoms with Crippen LogP contribution in [0.4, 0.5) is 0 Å². The molecule has 7 nitrogen and oxygen atoms in total. The van der Waals surface area contributed by atoms with E-state index in [1.165, 1.54) is 0 Å². The number of ether oxygens (including phenoxy) is 3. The molecule has 6 heterocycles. The van der Waals surface area contributed by atoms with Gasteiger partial charge in [0.15, 0.2) is 0 Å². The second-order valence-electron chi connectivity index (χ2n) is 8.75. The number of fused-ring (bicyclic) bond motifs is 4. The molecule has 0 aromatic carbocycles. The van der Waals surface area contributed by atoms with E-state index < -0.39 is 5.60 Å². The molecular weight excluding hydrogens is 324 g/mol. The van der Waals surface area contributed by atoms with Crippen molar-refractivity contribution in [2.45, 2.75) is 43.1 Å². The number of hydrogen-bond acceptors (Lipinski definition) is 5. The Morgan fingerprint density at radius 2 is 1.76 bits per heavy atom. The number of amides is 2. The highest BCUT2D eigenvalue weighted by molar-refractivity contribution is 5.88. The number of hydrogen-bond donors (Lipinski definition) is 0. The lowest BCUT2D eigenvalue weighted by Gasteiger charge is -2.42. The first-order valence-electron chi connectivity index (χ1n) is 9.59. The maximum atomic E-state index is 13.0. The van der Waals surface area contributed by atoms with Gasteiger partial charge in [0.2, 0.25) is 5.91 Å². The summed E-state index contributed by atoms with van der Waals surface area (Å²) >= 11 is 0. The second kappa shape index (κ2) is 4.96. The van der Waals surface area contributed by atoms with Crippen molar-refractivity contribution in [2.75, 3.05) is 39.5 Å². The molecule has 0 N–H and O–H groups in total. The van der Waals surface area contributed by atoms with Crippen molar-refractivity contribution in [3.05, 3.63) is 0 Å². The summed E-state index contributed by atoms with van der Waals surface area (Å²) in [5.41, 5.74) is -0.516. The second-order valence-corrected chi connectivity index (χ2v) is 8.75. The van der Waals surface area contributed by atoms with Crippen LogP contribution in [-0.2, 0) is 23.8 Å². The SMILES string of the molecule is O=C(C1COC2COCC21)N1C[C@@H]2C[C@H]1CN2C(=O)C12CC(CO1)C2. The molecule has 0 aromatic heterocycles. The lowest BCUT2D eigenvalue weighted by atomic mass is 9.73. The smallest absolute Gasteiger partial charge is 0.255 e. The van der Waals surface area contributed by atoms with Gasteiger partial charge in [-0.2, -0.15) is 0 Å². The summed E-state index contributed by atoms with van der Waals surface area (Å²) in [7, 11) is 0. The summed E-state index contributed by atoms with van der Waals surface area (Å²) in [6.45, 7) is 3.85. The van der Waals surface area contributed by atoms with Gasteiger partial charge in [-0.25, -0.2) is 0 Å². The molecule has 5 atom stereocenters. The van der Waals surface area contributed by atoms with Crippen molar-refractivity contribution < 1.29 is 23.8 Å². The largest absolute Gasteiger partial charge is 0.378 e. The van der Waals surface area contributed by atoms with Crippen LogP contribution in [0.15, 0.2) is 0 Å². The van der Waals surface area contributed by atoms with Gasteiger partial charge >= 0.3 is 0 Å². The maximum Gasteiger partial charge on any atom is 0.255 e. The first-order chi connectivity index (χ1) is 12.1. The molecule has 0 radical (unpaired) electrons. The summed E-state index contributed by atoms with van der Waals surface area (Å²) in [4.78, 5) is 30.0. The molecule has 6 saturated heterocycles. The standard InChI is InChI=1S/C18H24N2O5/c21-16(14-8-24-15-9-23-7-13(14)15)19-4-12-1-11(19)5-20(12)17(22)18-2-10(3-18)6-25-18/h10-15H,1-9H2/t10?,11-,12-,13?,14?,15?,18?/m0/s1. The van der Waals surface area contributed by atoms with Gasteiger partial charge in [-0.1, -0.05) is 0 Å². The third-order valence-corrected chi connectivity index (χ3v) is 7.40. The quantitative estimate of drug-likeness (QED) is 0.682. The molecule has 2 amide bonds. The van der Waals surface area contributed by atoms with Crippen molar-refractivity contribution >= 4 is 11.8 Å². The number of nitrogens with zero attached hydrogens (tertiary/aromatic N) is 2. The summed E-state index contributed by atoms with van der Waals surface area (Å²) < 4.78 is 17.0. The molecule has 1 aliphatic carbocycles. The average Bonchev–Trinajstić information content (AvgIpc) is 3.39. The van der Waals surface area contributed by atoms with Crippen molar-refractivity contribution in [3.8, 4) is 0 Å². The van der Waals surface area contributed by atoms with Crippen molar-refractivity contribution in [1.29, 1.82) is 0 Å². The van der Waals surface area contributed by atoms with Crippen molar-refractivity contribution in [3.63, 3.8) is 0 Å². The van der Waals surface area contributed by atoms with E-state index in [1.807, 2.05) is 9.80 Å². The number of rotatable bonds is 2. The predicted octanol–water partition coefficient (Wildman–Crippen LogP) is -0.361. The Hall–Kier alpha value is -1.18.